The summed E-state index contributed by atoms with van der Waals surface area (Å²) in [4.78, 5) is 16.8. The average Bonchev–Trinajstić information content (AvgIpc) is 2.66. The molecule has 1 unspecified atom stereocenters. The zero-order chi connectivity index (χ0) is 12.3. The number of unbranched alkanes of at least 4 members (excludes halogenated alkanes) is 1. The first-order valence-corrected chi connectivity index (χ1v) is 6.69. The Balaban J connectivity index is 2.14. The predicted octanol–water partition coefficient (Wildman–Crippen LogP) is 2.97. The molecule has 0 bridgehead atoms. The molecule has 1 atom stereocenters. The number of carboxylic acid groups (broad SMARTS) is 1. The fourth-order valence-corrected chi connectivity index (χ4v) is 3.10. The van der Waals surface area contributed by atoms with Crippen LogP contribution in [0.1, 0.15) is 58.3 Å². The molecule has 4 heteroatoms. The summed E-state index contributed by atoms with van der Waals surface area (Å²) < 4.78 is 0. The Morgan fingerprint density at radius 2 is 2.18 bits per heavy atom. The number of rotatable bonds is 4. The van der Waals surface area contributed by atoms with E-state index in [0.717, 1.165) is 44.9 Å². The first-order chi connectivity index (χ1) is 8.19. The summed E-state index contributed by atoms with van der Waals surface area (Å²) in [6, 6.07) is 0. The lowest BCUT2D eigenvalue weighted by molar-refractivity contribution is -0.129. The van der Waals surface area contributed by atoms with Gasteiger partial charge >= 0.3 is 5.97 Å². The molecule has 0 radical (unpaired) electrons. The maximum atomic E-state index is 11.2. The van der Waals surface area contributed by atoms with E-state index in [-0.39, 0.29) is 17.2 Å². The van der Waals surface area contributed by atoms with Gasteiger partial charge in [-0.2, -0.15) is 0 Å². The van der Waals surface area contributed by atoms with Crippen molar-refractivity contribution < 1.29 is 14.7 Å². The number of hydrogen-bond donors (Lipinski definition) is 1. The van der Waals surface area contributed by atoms with Gasteiger partial charge in [0, 0.05) is 0 Å². The van der Waals surface area contributed by atoms with Crippen LogP contribution < -0.4 is 0 Å². The minimum atomic E-state index is -0.909. The number of carbonyl (C=O) groups is 1. The Labute approximate surface area is 102 Å². The van der Waals surface area contributed by atoms with Crippen LogP contribution >= 0.6 is 0 Å². The molecule has 1 fully saturated rings. The second kappa shape index (κ2) is 5.07. The van der Waals surface area contributed by atoms with Crippen LogP contribution in [-0.2, 0) is 9.63 Å². The molecule has 1 aliphatic heterocycles. The van der Waals surface area contributed by atoms with E-state index in [1.165, 1.54) is 6.42 Å². The van der Waals surface area contributed by atoms with Gasteiger partial charge in [0.25, 0.3) is 0 Å². The van der Waals surface area contributed by atoms with Gasteiger partial charge in [-0.1, -0.05) is 31.3 Å². The van der Waals surface area contributed by atoms with Gasteiger partial charge in [0.2, 0.25) is 0 Å². The van der Waals surface area contributed by atoms with Crippen LogP contribution in [0.2, 0.25) is 0 Å². The first-order valence-electron chi connectivity index (χ1n) is 6.69. The lowest BCUT2D eigenvalue weighted by atomic mass is 9.72. The second-order valence-corrected chi connectivity index (χ2v) is 5.19. The first kappa shape index (κ1) is 12.4. The van der Waals surface area contributed by atoms with Gasteiger partial charge in [-0.25, -0.2) is 4.79 Å². The maximum absolute atomic E-state index is 11.2. The van der Waals surface area contributed by atoms with Crippen molar-refractivity contribution in [3.05, 3.63) is 0 Å². The number of carboxylic acids is 1. The molecular weight excluding hydrogens is 218 g/mol. The van der Waals surface area contributed by atoms with Crippen molar-refractivity contribution >= 4 is 11.7 Å². The lowest BCUT2D eigenvalue weighted by Gasteiger charge is -2.36. The highest BCUT2D eigenvalue weighted by Crippen LogP contribution is 2.44. The Morgan fingerprint density at radius 3 is 2.76 bits per heavy atom. The van der Waals surface area contributed by atoms with Crippen LogP contribution in [0, 0.1) is 5.92 Å². The van der Waals surface area contributed by atoms with E-state index in [9.17, 15) is 9.90 Å². The number of nitrogens with zero attached hydrogens (tertiary/aromatic N) is 1. The van der Waals surface area contributed by atoms with Crippen molar-refractivity contribution in [3.63, 3.8) is 0 Å². The molecule has 1 aliphatic carbocycles. The summed E-state index contributed by atoms with van der Waals surface area (Å²) in [5.74, 6) is -0.909. The highest BCUT2D eigenvalue weighted by atomic mass is 16.7. The summed E-state index contributed by atoms with van der Waals surface area (Å²) in [6.07, 6.45) is 8.43. The van der Waals surface area contributed by atoms with Gasteiger partial charge in [0.1, 0.15) is 5.60 Å². The third-order valence-electron chi connectivity index (χ3n) is 4.06. The molecule has 1 heterocycles. The minimum absolute atomic E-state index is 0.000231. The summed E-state index contributed by atoms with van der Waals surface area (Å²) in [5, 5.41) is 13.0. The van der Waals surface area contributed by atoms with Crippen molar-refractivity contribution in [2.75, 3.05) is 0 Å². The zero-order valence-electron chi connectivity index (χ0n) is 10.4. The third-order valence-corrected chi connectivity index (χ3v) is 4.06. The van der Waals surface area contributed by atoms with Gasteiger partial charge in [-0.3, -0.25) is 0 Å². The lowest BCUT2D eigenvalue weighted by Crippen LogP contribution is -2.42. The predicted molar refractivity (Wildman–Crippen MR) is 65.0 cm³/mol. The quantitative estimate of drug-likeness (QED) is 0.820. The van der Waals surface area contributed by atoms with E-state index in [0.29, 0.717) is 0 Å². The van der Waals surface area contributed by atoms with Crippen LogP contribution in [0.3, 0.4) is 0 Å². The molecule has 2 aliphatic rings. The molecule has 17 heavy (non-hydrogen) atoms. The van der Waals surface area contributed by atoms with Crippen molar-refractivity contribution in [1.82, 2.24) is 0 Å². The van der Waals surface area contributed by atoms with E-state index >= 15 is 0 Å². The average molecular weight is 239 g/mol. The molecule has 0 aromatic heterocycles. The van der Waals surface area contributed by atoms with Crippen molar-refractivity contribution in [2.45, 2.75) is 63.9 Å². The van der Waals surface area contributed by atoms with Gasteiger partial charge in [-0.05, 0) is 32.1 Å². The molecule has 0 saturated heterocycles. The Bertz CT molecular complexity index is 319. The fourth-order valence-electron chi connectivity index (χ4n) is 3.10. The summed E-state index contributed by atoms with van der Waals surface area (Å²) in [5.41, 5.74) is -0.0402. The molecule has 2 rings (SSSR count). The van der Waals surface area contributed by atoms with E-state index < -0.39 is 5.97 Å². The van der Waals surface area contributed by atoms with Gasteiger partial charge in [0.15, 0.2) is 5.71 Å². The summed E-state index contributed by atoms with van der Waals surface area (Å²) in [7, 11) is 0. The standard InChI is InChI=1S/C13H21NO3/c1-2-3-7-10-11(12(15)16)14-17-13(10)8-5-4-6-9-13/h10H,2-9H2,1H3,(H,15,16). The summed E-state index contributed by atoms with van der Waals surface area (Å²) in [6.45, 7) is 2.13. The molecular formula is C13H21NO3. The SMILES string of the molecule is CCCCC1C(C(=O)O)=NOC12CCCCC2. The van der Waals surface area contributed by atoms with Gasteiger partial charge in [0.05, 0.1) is 5.92 Å². The second-order valence-electron chi connectivity index (χ2n) is 5.19. The highest BCUT2D eigenvalue weighted by molar-refractivity contribution is 6.36. The molecule has 4 nitrogen and oxygen atoms in total. The molecule has 1 N–H and O–H groups in total. The maximum Gasteiger partial charge on any atom is 0.354 e. The van der Waals surface area contributed by atoms with Crippen LogP contribution in [0.4, 0.5) is 0 Å². The topological polar surface area (TPSA) is 58.9 Å². The van der Waals surface area contributed by atoms with E-state index in [1.54, 1.807) is 0 Å². The van der Waals surface area contributed by atoms with Crippen molar-refractivity contribution in [2.24, 2.45) is 11.1 Å². The van der Waals surface area contributed by atoms with E-state index in [1.807, 2.05) is 0 Å². The zero-order valence-corrected chi connectivity index (χ0v) is 10.4. The van der Waals surface area contributed by atoms with Gasteiger partial charge in [-0.15, -0.1) is 0 Å². The van der Waals surface area contributed by atoms with Gasteiger partial charge < -0.3 is 9.94 Å². The molecule has 0 amide bonds. The monoisotopic (exact) mass is 239 g/mol. The van der Waals surface area contributed by atoms with Crippen molar-refractivity contribution in [3.8, 4) is 0 Å². The Kier molecular flexibility index (Phi) is 3.69. The molecule has 96 valence electrons. The number of aliphatic carboxylic acids is 1. The fraction of sp³-hybridized carbons (Fsp3) is 0.846. The molecule has 1 spiro atoms. The summed E-state index contributed by atoms with van der Waals surface area (Å²) >= 11 is 0. The smallest absolute Gasteiger partial charge is 0.354 e. The number of oxime groups is 1. The normalized spacial score (nSPS) is 26.6. The van der Waals surface area contributed by atoms with Crippen LogP contribution in [0.5, 0.6) is 0 Å². The molecule has 0 aromatic rings. The van der Waals surface area contributed by atoms with Crippen LogP contribution in [-0.4, -0.2) is 22.4 Å². The van der Waals surface area contributed by atoms with Crippen LogP contribution in [0.15, 0.2) is 5.16 Å². The Hall–Kier alpha value is -1.06. The Morgan fingerprint density at radius 1 is 1.47 bits per heavy atom. The highest BCUT2D eigenvalue weighted by Gasteiger charge is 2.50. The largest absolute Gasteiger partial charge is 0.477 e. The number of hydrogen-bond acceptors (Lipinski definition) is 3. The van der Waals surface area contributed by atoms with Crippen LogP contribution in [0.25, 0.3) is 0 Å². The van der Waals surface area contributed by atoms with Crippen molar-refractivity contribution in [1.29, 1.82) is 0 Å². The molecule has 0 aromatic carbocycles. The third kappa shape index (κ3) is 2.31. The minimum Gasteiger partial charge on any atom is -0.477 e. The van der Waals surface area contributed by atoms with E-state index in [2.05, 4.69) is 12.1 Å². The van der Waals surface area contributed by atoms with E-state index in [4.69, 9.17) is 4.84 Å². The molecule has 1 saturated carbocycles.